The number of hydrogen-bond acceptors (Lipinski definition) is 3. The smallest absolute Gasteiger partial charge is 0.279 e. The van der Waals surface area contributed by atoms with Crippen LogP contribution in [0.5, 0.6) is 0 Å². The van der Waals surface area contributed by atoms with Crippen molar-refractivity contribution < 1.29 is 13.2 Å². The van der Waals surface area contributed by atoms with Crippen LogP contribution in [0.15, 0.2) is 30.3 Å². The minimum atomic E-state index is -3.42. The fourth-order valence-electron chi connectivity index (χ4n) is 2.39. The molecule has 2 atom stereocenters. The number of ether oxygens (including phenoxy) is 1. The molecule has 1 heterocycles. The quantitative estimate of drug-likeness (QED) is 0.888. The van der Waals surface area contributed by atoms with E-state index < -0.39 is 10.2 Å². The van der Waals surface area contributed by atoms with Crippen LogP contribution in [0.25, 0.3) is 0 Å². The van der Waals surface area contributed by atoms with Gasteiger partial charge in [0.25, 0.3) is 10.2 Å². The van der Waals surface area contributed by atoms with Crippen LogP contribution < -0.4 is 4.72 Å². The Morgan fingerprint density at radius 3 is 2.40 bits per heavy atom. The SMILES string of the molecule is C[C@H]1CN(S(=O)(=O)NCCc2ccccc2)C[C@H](C)O1. The predicted molar refractivity (Wildman–Crippen MR) is 78.7 cm³/mol. The fourth-order valence-corrected chi connectivity index (χ4v) is 3.74. The highest BCUT2D eigenvalue weighted by Crippen LogP contribution is 2.13. The number of nitrogens with zero attached hydrogens (tertiary/aromatic N) is 1. The van der Waals surface area contributed by atoms with E-state index in [1.807, 2.05) is 44.2 Å². The number of benzene rings is 1. The molecular formula is C14H22N2O3S. The highest BCUT2D eigenvalue weighted by molar-refractivity contribution is 7.87. The molecule has 1 aliphatic heterocycles. The lowest BCUT2D eigenvalue weighted by molar-refractivity contribution is -0.0443. The Hall–Kier alpha value is -0.950. The Morgan fingerprint density at radius 1 is 1.20 bits per heavy atom. The van der Waals surface area contributed by atoms with E-state index in [9.17, 15) is 8.42 Å². The van der Waals surface area contributed by atoms with Crippen molar-refractivity contribution in [3.63, 3.8) is 0 Å². The molecule has 1 fully saturated rings. The molecule has 112 valence electrons. The number of rotatable bonds is 5. The van der Waals surface area contributed by atoms with Crippen LogP contribution in [-0.4, -0.2) is 44.6 Å². The zero-order valence-electron chi connectivity index (χ0n) is 12.0. The standard InChI is InChI=1S/C14H22N2O3S/c1-12-10-16(11-13(2)19-12)20(17,18)15-9-8-14-6-4-3-5-7-14/h3-7,12-13,15H,8-11H2,1-2H3/t12-,13-/m0/s1. The van der Waals surface area contributed by atoms with Gasteiger partial charge in [-0.2, -0.15) is 12.7 Å². The van der Waals surface area contributed by atoms with Crippen LogP contribution in [0, 0.1) is 0 Å². The van der Waals surface area contributed by atoms with Gasteiger partial charge in [0.15, 0.2) is 0 Å². The highest BCUT2D eigenvalue weighted by Gasteiger charge is 2.30. The predicted octanol–water partition coefficient (Wildman–Crippen LogP) is 1.17. The largest absolute Gasteiger partial charge is 0.373 e. The third kappa shape index (κ3) is 4.28. The van der Waals surface area contributed by atoms with Gasteiger partial charge in [0, 0.05) is 19.6 Å². The van der Waals surface area contributed by atoms with Gasteiger partial charge in [0.1, 0.15) is 0 Å². The molecule has 0 amide bonds. The summed E-state index contributed by atoms with van der Waals surface area (Å²) in [6.07, 6.45) is 0.559. The minimum Gasteiger partial charge on any atom is -0.373 e. The maximum atomic E-state index is 12.2. The van der Waals surface area contributed by atoms with Gasteiger partial charge >= 0.3 is 0 Å². The molecule has 1 saturated heterocycles. The van der Waals surface area contributed by atoms with E-state index in [1.165, 1.54) is 4.31 Å². The van der Waals surface area contributed by atoms with Crippen LogP contribution >= 0.6 is 0 Å². The van der Waals surface area contributed by atoms with Crippen molar-refractivity contribution >= 4 is 10.2 Å². The van der Waals surface area contributed by atoms with Crippen LogP contribution in [0.3, 0.4) is 0 Å². The van der Waals surface area contributed by atoms with Crippen LogP contribution in [0.1, 0.15) is 19.4 Å². The van der Waals surface area contributed by atoms with Crippen molar-refractivity contribution in [2.75, 3.05) is 19.6 Å². The normalized spacial score (nSPS) is 24.7. The lowest BCUT2D eigenvalue weighted by Crippen LogP contribution is -2.52. The molecule has 1 aliphatic rings. The van der Waals surface area contributed by atoms with Crippen LogP contribution in [-0.2, 0) is 21.4 Å². The number of hydrogen-bond donors (Lipinski definition) is 1. The third-order valence-corrected chi connectivity index (χ3v) is 4.81. The van der Waals surface area contributed by atoms with Crippen molar-refractivity contribution in [1.82, 2.24) is 9.03 Å². The van der Waals surface area contributed by atoms with Gasteiger partial charge in [-0.15, -0.1) is 0 Å². The average Bonchev–Trinajstić information content (AvgIpc) is 2.38. The third-order valence-electron chi connectivity index (χ3n) is 3.27. The molecular weight excluding hydrogens is 276 g/mol. The van der Waals surface area contributed by atoms with Crippen molar-refractivity contribution in [2.45, 2.75) is 32.5 Å². The van der Waals surface area contributed by atoms with Gasteiger partial charge in [-0.25, -0.2) is 4.72 Å². The molecule has 20 heavy (non-hydrogen) atoms. The molecule has 5 nitrogen and oxygen atoms in total. The molecule has 6 heteroatoms. The molecule has 0 unspecified atom stereocenters. The maximum absolute atomic E-state index is 12.2. The van der Waals surface area contributed by atoms with E-state index in [1.54, 1.807) is 0 Å². The number of nitrogens with one attached hydrogen (secondary N) is 1. The van der Waals surface area contributed by atoms with E-state index in [0.717, 1.165) is 5.56 Å². The second kappa shape index (κ2) is 6.67. The van der Waals surface area contributed by atoms with Crippen molar-refractivity contribution in [3.8, 4) is 0 Å². The Labute approximate surface area is 121 Å². The Balaban J connectivity index is 1.87. The highest BCUT2D eigenvalue weighted by atomic mass is 32.2. The first-order valence-corrected chi connectivity index (χ1v) is 8.35. The van der Waals surface area contributed by atoms with E-state index in [-0.39, 0.29) is 12.2 Å². The molecule has 0 radical (unpaired) electrons. The van der Waals surface area contributed by atoms with Crippen molar-refractivity contribution in [1.29, 1.82) is 0 Å². The molecule has 2 rings (SSSR count). The summed E-state index contributed by atoms with van der Waals surface area (Å²) in [4.78, 5) is 0. The molecule has 1 N–H and O–H groups in total. The summed E-state index contributed by atoms with van der Waals surface area (Å²) in [5, 5.41) is 0. The molecule has 0 aliphatic carbocycles. The summed E-state index contributed by atoms with van der Waals surface area (Å²) in [6, 6.07) is 9.84. The number of morpholine rings is 1. The summed E-state index contributed by atoms with van der Waals surface area (Å²) in [6.45, 7) is 5.01. The van der Waals surface area contributed by atoms with E-state index in [0.29, 0.717) is 26.1 Å². The zero-order valence-corrected chi connectivity index (χ0v) is 12.8. The van der Waals surface area contributed by atoms with E-state index in [4.69, 9.17) is 4.74 Å². The second-order valence-electron chi connectivity index (χ2n) is 5.21. The Kier molecular flexibility index (Phi) is 5.15. The van der Waals surface area contributed by atoms with Gasteiger partial charge in [-0.1, -0.05) is 30.3 Å². The molecule has 0 aromatic heterocycles. The van der Waals surface area contributed by atoms with Gasteiger partial charge in [-0.05, 0) is 25.8 Å². The molecule has 1 aromatic rings. The lowest BCUT2D eigenvalue weighted by Gasteiger charge is -2.34. The van der Waals surface area contributed by atoms with Gasteiger partial charge in [0.05, 0.1) is 12.2 Å². The molecule has 0 spiro atoms. The van der Waals surface area contributed by atoms with Gasteiger partial charge in [0.2, 0.25) is 0 Å². The van der Waals surface area contributed by atoms with Crippen LogP contribution in [0.4, 0.5) is 0 Å². The minimum absolute atomic E-state index is 0.0653. The topological polar surface area (TPSA) is 58.6 Å². The van der Waals surface area contributed by atoms with E-state index in [2.05, 4.69) is 4.72 Å². The lowest BCUT2D eigenvalue weighted by atomic mass is 10.2. The van der Waals surface area contributed by atoms with Gasteiger partial charge < -0.3 is 4.74 Å². The zero-order chi connectivity index (χ0) is 14.6. The molecule has 1 aromatic carbocycles. The summed E-state index contributed by atoms with van der Waals surface area (Å²) in [5.41, 5.74) is 1.12. The fraction of sp³-hybridized carbons (Fsp3) is 0.571. The summed E-state index contributed by atoms with van der Waals surface area (Å²) >= 11 is 0. The van der Waals surface area contributed by atoms with Crippen LogP contribution in [0.2, 0.25) is 0 Å². The summed E-state index contributed by atoms with van der Waals surface area (Å²) in [7, 11) is -3.42. The average molecular weight is 298 g/mol. The molecule has 0 bridgehead atoms. The first-order chi connectivity index (χ1) is 9.47. The summed E-state index contributed by atoms with van der Waals surface area (Å²) in [5.74, 6) is 0. The first kappa shape index (κ1) is 15.4. The maximum Gasteiger partial charge on any atom is 0.279 e. The Bertz CT molecular complexity index is 508. The van der Waals surface area contributed by atoms with E-state index >= 15 is 0 Å². The Morgan fingerprint density at radius 2 is 1.80 bits per heavy atom. The monoisotopic (exact) mass is 298 g/mol. The summed E-state index contributed by atoms with van der Waals surface area (Å²) < 4.78 is 34.1. The first-order valence-electron chi connectivity index (χ1n) is 6.91. The van der Waals surface area contributed by atoms with Gasteiger partial charge in [-0.3, -0.25) is 0 Å². The van der Waals surface area contributed by atoms with Crippen molar-refractivity contribution in [2.24, 2.45) is 0 Å². The molecule has 0 saturated carbocycles. The van der Waals surface area contributed by atoms with Crippen molar-refractivity contribution in [3.05, 3.63) is 35.9 Å². The second-order valence-corrected chi connectivity index (χ2v) is 6.96.